The monoisotopic (exact) mass is 538 g/mol. The van der Waals surface area contributed by atoms with Crippen LogP contribution >= 0.6 is 34.4 Å². The van der Waals surface area contributed by atoms with Crippen LogP contribution in [0.3, 0.4) is 0 Å². The van der Waals surface area contributed by atoms with E-state index in [1.165, 1.54) is 34.4 Å². The van der Waals surface area contributed by atoms with Gasteiger partial charge in [-0.25, -0.2) is 19.8 Å². The van der Waals surface area contributed by atoms with Gasteiger partial charge in [0.1, 0.15) is 11.8 Å². The average Bonchev–Trinajstić information content (AvgIpc) is 3.55. The molecule has 1 atom stereocenters. The number of thiazole rings is 1. The molecular weight excluding hydrogens is 517 g/mol. The predicted molar refractivity (Wildman–Crippen MR) is 139 cm³/mol. The molecule has 0 saturated heterocycles. The van der Waals surface area contributed by atoms with Crippen LogP contribution in [0.4, 0.5) is 0 Å². The molecule has 0 aromatic carbocycles. The van der Waals surface area contributed by atoms with E-state index in [2.05, 4.69) is 15.0 Å². The van der Waals surface area contributed by atoms with E-state index in [1.807, 2.05) is 43.5 Å². The van der Waals surface area contributed by atoms with Crippen molar-refractivity contribution in [2.24, 2.45) is 4.99 Å². The molecule has 0 aliphatic carbocycles. The quantitative estimate of drug-likeness (QED) is 0.270. The Kier molecular flexibility index (Phi) is 6.78. The number of rotatable bonds is 6. The summed E-state index contributed by atoms with van der Waals surface area (Å²) in [5, 5.41) is 3.15. The minimum absolute atomic E-state index is 0.239. The Balaban J connectivity index is 1.54. The van der Waals surface area contributed by atoms with Gasteiger partial charge in [0.05, 0.1) is 22.4 Å². The lowest BCUT2D eigenvalue weighted by Crippen LogP contribution is -2.39. The summed E-state index contributed by atoms with van der Waals surface area (Å²) >= 11 is 4.06. The van der Waals surface area contributed by atoms with Crippen LogP contribution < -0.4 is 14.9 Å². The smallest absolute Gasteiger partial charge is 0.338 e. The van der Waals surface area contributed by atoms with Crippen LogP contribution in [0.5, 0.6) is 0 Å². The van der Waals surface area contributed by atoms with E-state index in [0.29, 0.717) is 36.6 Å². The first-order valence-electron chi connectivity index (χ1n) is 11.2. The second-order valence-electron chi connectivity index (χ2n) is 8.01. The second-order valence-corrected chi connectivity index (χ2v) is 11.0. The first kappa shape index (κ1) is 24.4. The van der Waals surface area contributed by atoms with Crippen LogP contribution in [0, 0.1) is 13.8 Å². The van der Waals surface area contributed by atoms with Crippen LogP contribution in [0.15, 0.2) is 71.4 Å². The molecule has 11 heteroatoms. The molecule has 4 aromatic heterocycles. The number of carbonyl (C=O) groups excluding carboxylic acids is 1. The van der Waals surface area contributed by atoms with E-state index in [-0.39, 0.29) is 12.2 Å². The maximum Gasteiger partial charge on any atom is 0.338 e. The van der Waals surface area contributed by atoms with E-state index in [9.17, 15) is 9.59 Å². The highest BCUT2D eigenvalue weighted by Gasteiger charge is 2.33. The summed E-state index contributed by atoms with van der Waals surface area (Å²) in [6.07, 6.45) is 1.70. The maximum atomic E-state index is 13.6. The molecule has 4 aromatic rings. The van der Waals surface area contributed by atoms with Crippen LogP contribution in [-0.4, -0.2) is 27.1 Å². The van der Waals surface area contributed by atoms with Crippen LogP contribution in [0.2, 0.25) is 0 Å². The number of aromatic nitrogens is 3. The van der Waals surface area contributed by atoms with E-state index in [4.69, 9.17) is 9.15 Å². The first-order chi connectivity index (χ1) is 17.3. The maximum absolute atomic E-state index is 13.6. The number of furan rings is 1. The zero-order valence-electron chi connectivity index (χ0n) is 20.0. The summed E-state index contributed by atoms with van der Waals surface area (Å²) in [4.78, 5) is 41.3. The summed E-state index contributed by atoms with van der Waals surface area (Å²) in [6.45, 7) is 7.61. The van der Waals surface area contributed by atoms with Gasteiger partial charge < -0.3 is 9.15 Å². The lowest BCUT2D eigenvalue weighted by molar-refractivity contribution is -0.139. The fourth-order valence-electron chi connectivity index (χ4n) is 3.93. The van der Waals surface area contributed by atoms with Crippen molar-refractivity contribution in [1.29, 1.82) is 0 Å². The minimum atomic E-state index is -0.591. The molecule has 0 saturated carbocycles. The predicted octanol–water partition coefficient (Wildman–Crippen LogP) is 4.01. The normalized spacial score (nSPS) is 15.7. The average molecular weight is 539 g/mol. The lowest BCUT2D eigenvalue weighted by Gasteiger charge is -2.23. The van der Waals surface area contributed by atoms with Crippen molar-refractivity contribution < 1.29 is 13.9 Å². The number of nitrogens with zero attached hydrogens (tertiary/aromatic N) is 4. The van der Waals surface area contributed by atoms with Gasteiger partial charge in [-0.15, -0.1) is 11.3 Å². The number of hydrogen-bond acceptors (Lipinski definition) is 10. The van der Waals surface area contributed by atoms with Crippen molar-refractivity contribution in [3.05, 3.63) is 88.7 Å². The highest BCUT2D eigenvalue weighted by molar-refractivity contribution is 7.99. The van der Waals surface area contributed by atoms with E-state index in [0.717, 1.165) is 16.3 Å². The van der Waals surface area contributed by atoms with Crippen molar-refractivity contribution in [2.75, 3.05) is 6.61 Å². The Hall–Kier alpha value is -3.28. The molecule has 5 heterocycles. The highest BCUT2D eigenvalue weighted by Crippen LogP contribution is 2.33. The Morgan fingerprint density at radius 2 is 2.00 bits per heavy atom. The van der Waals surface area contributed by atoms with E-state index < -0.39 is 12.0 Å². The third-order valence-electron chi connectivity index (χ3n) is 5.36. The Morgan fingerprint density at radius 1 is 1.22 bits per heavy atom. The second kappa shape index (κ2) is 10.00. The van der Waals surface area contributed by atoms with E-state index in [1.54, 1.807) is 30.6 Å². The summed E-state index contributed by atoms with van der Waals surface area (Å²) < 4.78 is 13.3. The van der Waals surface area contributed by atoms with Gasteiger partial charge in [0.15, 0.2) is 15.1 Å². The number of aryl methyl sites for hydroxylation is 2. The number of hydrogen-bond donors (Lipinski definition) is 0. The van der Waals surface area contributed by atoms with Gasteiger partial charge >= 0.3 is 5.97 Å². The lowest BCUT2D eigenvalue weighted by atomic mass is 10.0. The fourth-order valence-corrected chi connectivity index (χ4v) is 6.62. The van der Waals surface area contributed by atoms with Crippen LogP contribution in [-0.2, 0) is 9.53 Å². The molecule has 36 heavy (non-hydrogen) atoms. The van der Waals surface area contributed by atoms with Crippen molar-refractivity contribution >= 4 is 46.5 Å². The molecule has 1 aliphatic heterocycles. The van der Waals surface area contributed by atoms with Crippen LogP contribution in [0.25, 0.3) is 6.08 Å². The molecule has 1 aliphatic rings. The number of fused-ring (bicyclic) bond motifs is 1. The zero-order valence-corrected chi connectivity index (χ0v) is 22.4. The summed E-state index contributed by atoms with van der Waals surface area (Å²) in [5.74, 6) is 0.0638. The first-order valence-corrected chi connectivity index (χ1v) is 13.7. The molecule has 5 rings (SSSR count). The highest BCUT2D eigenvalue weighted by atomic mass is 32.2. The SMILES string of the molecule is CCOC(=O)C1=C(C)N=c2s/c(=C/c3ccc(Sc4nc(C)cc(C)n4)o3)c(=O)n2[C@@H]1c1cccs1. The summed E-state index contributed by atoms with van der Waals surface area (Å²) in [7, 11) is 0. The van der Waals surface area contributed by atoms with Crippen molar-refractivity contribution in [2.45, 2.75) is 44.0 Å². The molecule has 0 amide bonds. The molecule has 184 valence electrons. The largest absolute Gasteiger partial charge is 0.463 e. The van der Waals surface area contributed by atoms with Gasteiger partial charge in [0.2, 0.25) is 0 Å². The Labute approximate surface area is 218 Å². The van der Waals surface area contributed by atoms with Gasteiger partial charge in [-0.05, 0) is 69.1 Å². The summed E-state index contributed by atoms with van der Waals surface area (Å²) in [6, 6.07) is 8.76. The van der Waals surface area contributed by atoms with E-state index >= 15 is 0 Å². The molecule has 0 spiro atoms. The topological polar surface area (TPSA) is 99.6 Å². The van der Waals surface area contributed by atoms with Gasteiger partial charge in [-0.1, -0.05) is 17.4 Å². The number of thiophene rings is 1. The van der Waals surface area contributed by atoms with Gasteiger partial charge in [-0.3, -0.25) is 9.36 Å². The molecule has 8 nitrogen and oxygen atoms in total. The Morgan fingerprint density at radius 3 is 2.69 bits per heavy atom. The Bertz CT molecular complexity index is 1640. The molecular formula is C25H22N4O4S3. The summed E-state index contributed by atoms with van der Waals surface area (Å²) in [5.41, 5.74) is 2.45. The number of ether oxygens (including phenoxy) is 1. The molecule has 0 radical (unpaired) electrons. The van der Waals surface area contributed by atoms with Crippen molar-refractivity contribution in [1.82, 2.24) is 14.5 Å². The minimum Gasteiger partial charge on any atom is -0.463 e. The van der Waals surface area contributed by atoms with Gasteiger partial charge in [0.25, 0.3) is 5.56 Å². The van der Waals surface area contributed by atoms with Crippen molar-refractivity contribution in [3.8, 4) is 0 Å². The molecule has 0 bridgehead atoms. The van der Waals surface area contributed by atoms with Crippen LogP contribution in [0.1, 0.15) is 41.9 Å². The number of allylic oxidation sites excluding steroid dienone is 1. The third-order valence-corrected chi connectivity index (χ3v) is 8.05. The zero-order chi connectivity index (χ0) is 25.4. The fraction of sp³-hybridized carbons (Fsp3) is 0.240. The standard InChI is InChI=1S/C25H22N4O4S3/c1-5-32-23(31)20-15(4)28-25-29(21(20)17-7-6-10-34-17)22(30)18(35-25)12-16-8-9-19(33-16)36-24-26-13(2)11-14(3)27-24/h6-12,21H,5H2,1-4H3/b18-12+/t21-/m1/s1. The molecule has 0 N–H and O–H groups in total. The molecule has 0 unspecified atom stereocenters. The van der Waals surface area contributed by atoms with Gasteiger partial charge in [0, 0.05) is 22.3 Å². The molecule has 0 fully saturated rings. The van der Waals surface area contributed by atoms with Crippen molar-refractivity contribution in [3.63, 3.8) is 0 Å². The third kappa shape index (κ3) is 4.73. The number of esters is 1. The number of carbonyl (C=O) groups is 1. The van der Waals surface area contributed by atoms with Gasteiger partial charge in [-0.2, -0.15) is 0 Å².